The first-order valence-electron chi connectivity index (χ1n) is 9.48. The molecule has 1 heterocycles. The van der Waals surface area contributed by atoms with Crippen LogP contribution in [0.1, 0.15) is 36.0 Å². The highest BCUT2D eigenvalue weighted by molar-refractivity contribution is 6.31. The van der Waals surface area contributed by atoms with E-state index in [1.807, 2.05) is 48.5 Å². The van der Waals surface area contributed by atoms with Gasteiger partial charge < -0.3 is 14.2 Å². The van der Waals surface area contributed by atoms with E-state index in [0.717, 1.165) is 30.8 Å². The van der Waals surface area contributed by atoms with Gasteiger partial charge in [-0.05, 0) is 68.3 Å². The predicted octanol–water partition coefficient (Wildman–Crippen LogP) is 6.32. The van der Waals surface area contributed by atoms with Gasteiger partial charge in [-0.1, -0.05) is 28.4 Å². The lowest BCUT2D eigenvalue weighted by atomic mass is 10.1. The first-order chi connectivity index (χ1) is 14.1. The molecule has 3 aromatic rings. The van der Waals surface area contributed by atoms with Crippen LogP contribution in [0.4, 0.5) is 11.4 Å². The molecule has 7 heteroatoms. The second-order valence-corrected chi connectivity index (χ2v) is 7.33. The lowest BCUT2D eigenvalue weighted by Gasteiger charge is -2.25. The molecule has 152 valence electrons. The lowest BCUT2D eigenvalue weighted by Crippen LogP contribution is -2.18. The summed E-state index contributed by atoms with van der Waals surface area (Å²) in [5, 5.41) is 5.18. The lowest BCUT2D eigenvalue weighted by molar-refractivity contribution is 0.0514. The molecule has 0 spiro atoms. The molecule has 0 aliphatic rings. The molecule has 0 saturated carbocycles. The molecule has 0 saturated heterocycles. The Morgan fingerprint density at radius 1 is 1.00 bits per heavy atom. The summed E-state index contributed by atoms with van der Waals surface area (Å²) < 4.78 is 10.2. The summed E-state index contributed by atoms with van der Waals surface area (Å²) in [6, 6.07) is 17.2. The van der Waals surface area contributed by atoms with Gasteiger partial charge in [-0.15, -0.1) is 0 Å². The Kier molecular flexibility index (Phi) is 7.55. The number of benzene rings is 2. The fraction of sp³-hybridized carbons (Fsp3) is 0.273. The fourth-order valence-corrected chi connectivity index (χ4v) is 3.20. The normalized spacial score (nSPS) is 10.7. The number of hydrogen-bond donors (Lipinski definition) is 0. The smallest absolute Gasteiger partial charge is 0.360 e. The molecule has 0 bridgehead atoms. The minimum atomic E-state index is -0.459. The standard InChI is InChI=1S/C22H22Cl2N2O3/c1-2-28-22(27)21-15-20(29-25-21)5-3-4-14-26(18-10-6-16(23)7-11-18)19-12-8-17(24)9-13-19/h6-13,15H,2-5,14H2,1H3. The molecular formula is C22H22Cl2N2O3. The highest BCUT2D eigenvalue weighted by atomic mass is 35.5. The number of carbonyl (C=O) groups is 1. The highest BCUT2D eigenvalue weighted by Crippen LogP contribution is 2.28. The second kappa shape index (κ2) is 10.3. The van der Waals surface area contributed by atoms with E-state index in [4.69, 9.17) is 32.5 Å². The molecule has 0 amide bonds. The van der Waals surface area contributed by atoms with Crippen LogP contribution in [0, 0.1) is 0 Å². The number of aromatic nitrogens is 1. The van der Waals surface area contributed by atoms with Gasteiger partial charge in [0.15, 0.2) is 5.69 Å². The van der Waals surface area contributed by atoms with Crippen LogP contribution in [0.2, 0.25) is 10.0 Å². The molecule has 2 aromatic carbocycles. The van der Waals surface area contributed by atoms with E-state index in [0.29, 0.717) is 28.8 Å². The summed E-state index contributed by atoms with van der Waals surface area (Å²) in [6.07, 6.45) is 2.50. The van der Waals surface area contributed by atoms with Crippen LogP contribution >= 0.6 is 23.2 Å². The van der Waals surface area contributed by atoms with Crippen LogP contribution in [0.25, 0.3) is 0 Å². The third kappa shape index (κ3) is 5.99. The number of unbranched alkanes of at least 4 members (excludes halogenated alkanes) is 1. The summed E-state index contributed by atoms with van der Waals surface area (Å²) in [5.74, 6) is 0.219. The van der Waals surface area contributed by atoms with Crippen molar-refractivity contribution >= 4 is 40.5 Å². The maximum absolute atomic E-state index is 11.7. The van der Waals surface area contributed by atoms with Crippen LogP contribution in [0.15, 0.2) is 59.1 Å². The minimum absolute atomic E-state index is 0.214. The van der Waals surface area contributed by atoms with Crippen LogP contribution in [-0.2, 0) is 11.2 Å². The molecule has 0 N–H and O–H groups in total. The zero-order valence-electron chi connectivity index (χ0n) is 16.1. The van der Waals surface area contributed by atoms with Crippen molar-refractivity contribution in [2.24, 2.45) is 0 Å². The van der Waals surface area contributed by atoms with Gasteiger partial charge in [0, 0.05) is 40.5 Å². The molecule has 29 heavy (non-hydrogen) atoms. The van der Waals surface area contributed by atoms with E-state index in [9.17, 15) is 4.79 Å². The summed E-state index contributed by atoms with van der Waals surface area (Å²) in [7, 11) is 0. The largest absolute Gasteiger partial charge is 0.461 e. The van der Waals surface area contributed by atoms with Gasteiger partial charge in [0.05, 0.1) is 6.61 Å². The van der Waals surface area contributed by atoms with Crippen LogP contribution in [0.3, 0.4) is 0 Å². The van der Waals surface area contributed by atoms with E-state index in [1.165, 1.54) is 0 Å². The van der Waals surface area contributed by atoms with E-state index < -0.39 is 5.97 Å². The van der Waals surface area contributed by atoms with Crippen molar-refractivity contribution in [2.45, 2.75) is 26.2 Å². The topological polar surface area (TPSA) is 55.6 Å². The predicted molar refractivity (Wildman–Crippen MR) is 115 cm³/mol. The van der Waals surface area contributed by atoms with E-state index in [-0.39, 0.29) is 5.69 Å². The molecule has 0 aliphatic heterocycles. The first kappa shape index (κ1) is 21.2. The fourth-order valence-electron chi connectivity index (χ4n) is 2.95. The number of ether oxygens (including phenoxy) is 1. The van der Waals surface area contributed by atoms with Crippen molar-refractivity contribution < 1.29 is 14.1 Å². The maximum Gasteiger partial charge on any atom is 0.360 e. The second-order valence-electron chi connectivity index (χ2n) is 6.46. The average molecular weight is 433 g/mol. The number of esters is 1. The SMILES string of the molecule is CCOC(=O)c1cc(CCCCN(c2ccc(Cl)cc2)c2ccc(Cl)cc2)on1. The molecule has 0 fully saturated rings. The number of nitrogens with zero attached hydrogens (tertiary/aromatic N) is 2. The monoisotopic (exact) mass is 432 g/mol. The van der Waals surface area contributed by atoms with Gasteiger partial charge in [0.2, 0.25) is 0 Å². The van der Waals surface area contributed by atoms with Gasteiger partial charge in [-0.25, -0.2) is 4.79 Å². The number of aryl methyl sites for hydroxylation is 1. The van der Waals surface area contributed by atoms with E-state index in [1.54, 1.807) is 13.0 Å². The average Bonchev–Trinajstić information content (AvgIpc) is 3.19. The van der Waals surface area contributed by atoms with Crippen molar-refractivity contribution in [1.82, 2.24) is 5.16 Å². The van der Waals surface area contributed by atoms with Crippen molar-refractivity contribution in [3.63, 3.8) is 0 Å². The number of rotatable bonds is 9. The van der Waals surface area contributed by atoms with Crippen LogP contribution < -0.4 is 4.90 Å². The van der Waals surface area contributed by atoms with Crippen molar-refractivity contribution in [1.29, 1.82) is 0 Å². The Morgan fingerprint density at radius 3 is 2.14 bits per heavy atom. The van der Waals surface area contributed by atoms with Crippen molar-refractivity contribution in [3.05, 3.63) is 76.1 Å². The Balaban J connectivity index is 1.61. The number of anilines is 2. The van der Waals surface area contributed by atoms with Crippen LogP contribution in [0.5, 0.6) is 0 Å². The van der Waals surface area contributed by atoms with Gasteiger partial charge in [0.25, 0.3) is 0 Å². The quantitative estimate of drug-likeness (QED) is 0.292. The van der Waals surface area contributed by atoms with Gasteiger partial charge in [-0.3, -0.25) is 0 Å². The molecule has 0 radical (unpaired) electrons. The summed E-state index contributed by atoms with van der Waals surface area (Å²) >= 11 is 12.1. The van der Waals surface area contributed by atoms with Gasteiger partial charge in [-0.2, -0.15) is 0 Å². The van der Waals surface area contributed by atoms with Crippen LogP contribution in [-0.4, -0.2) is 24.3 Å². The molecule has 3 rings (SSSR count). The third-order valence-corrected chi connectivity index (χ3v) is 4.88. The summed E-state index contributed by atoms with van der Waals surface area (Å²) in [6.45, 7) is 2.88. The Bertz CT molecular complexity index is 878. The molecule has 0 unspecified atom stereocenters. The summed E-state index contributed by atoms with van der Waals surface area (Å²) in [4.78, 5) is 13.9. The molecular weight excluding hydrogens is 411 g/mol. The Hall–Kier alpha value is -2.50. The molecule has 1 aromatic heterocycles. The Labute approximate surface area is 180 Å². The Morgan fingerprint density at radius 2 is 1.59 bits per heavy atom. The minimum Gasteiger partial charge on any atom is -0.461 e. The molecule has 0 atom stereocenters. The summed E-state index contributed by atoms with van der Waals surface area (Å²) in [5.41, 5.74) is 2.33. The zero-order valence-corrected chi connectivity index (χ0v) is 17.6. The maximum atomic E-state index is 11.7. The zero-order chi connectivity index (χ0) is 20.6. The van der Waals surface area contributed by atoms with Gasteiger partial charge >= 0.3 is 5.97 Å². The van der Waals surface area contributed by atoms with E-state index in [2.05, 4.69) is 10.1 Å². The number of hydrogen-bond acceptors (Lipinski definition) is 5. The number of carbonyl (C=O) groups excluding carboxylic acids is 1. The highest BCUT2D eigenvalue weighted by Gasteiger charge is 2.14. The van der Waals surface area contributed by atoms with Crippen molar-refractivity contribution in [2.75, 3.05) is 18.1 Å². The van der Waals surface area contributed by atoms with Crippen molar-refractivity contribution in [3.8, 4) is 0 Å². The van der Waals surface area contributed by atoms with E-state index >= 15 is 0 Å². The number of halogens is 2. The van der Waals surface area contributed by atoms with Gasteiger partial charge in [0.1, 0.15) is 5.76 Å². The molecule has 5 nitrogen and oxygen atoms in total. The third-order valence-electron chi connectivity index (χ3n) is 4.38. The molecule has 0 aliphatic carbocycles. The first-order valence-corrected chi connectivity index (χ1v) is 10.2.